The third-order valence-corrected chi connectivity index (χ3v) is 7.96. The van der Waals surface area contributed by atoms with Crippen molar-refractivity contribution in [2.75, 3.05) is 39.0 Å². The van der Waals surface area contributed by atoms with E-state index < -0.39 is 39.8 Å². The summed E-state index contributed by atoms with van der Waals surface area (Å²) in [6, 6.07) is 15.1. The normalized spacial score (nSPS) is 14.3. The number of nitrogens with one attached hydrogen (secondary N) is 1. The van der Waals surface area contributed by atoms with Gasteiger partial charge in [0.05, 0.1) is 30.3 Å². The summed E-state index contributed by atoms with van der Waals surface area (Å²) in [5.41, 5.74) is 1.40. The molecule has 238 valence electrons. The first-order chi connectivity index (χ1) is 21.4. The number of carbonyl (C=O) groups is 4. The van der Waals surface area contributed by atoms with Gasteiger partial charge in [-0.25, -0.2) is 23.2 Å². The highest BCUT2D eigenvalue weighted by molar-refractivity contribution is 7.90. The number of hydroxylamine groups is 2. The standard InChI is InChI=1S/C30H33N5O9S/c1-3-43-30(40)44-35-17-15-34(16-18-35)29(39)23(13-14-26(36)37)33-28(38)25-19-24(20-9-11-22(12-10-20)45(2,41)42)31-27(32-25)21-7-5-4-6-8-21/h4-12,19,23H,3,13-18H2,1-2H3,(H,33,38)(H,36,37)/t23-/m0/s1. The van der Waals surface area contributed by atoms with E-state index in [0.717, 1.165) is 6.26 Å². The predicted octanol–water partition coefficient (Wildman–Crippen LogP) is 2.41. The number of carboxylic acids is 1. The highest BCUT2D eigenvalue weighted by Gasteiger charge is 2.31. The van der Waals surface area contributed by atoms with Crippen LogP contribution < -0.4 is 5.32 Å². The van der Waals surface area contributed by atoms with Crippen LogP contribution in [0.5, 0.6) is 0 Å². The number of ether oxygens (including phenoxy) is 1. The minimum atomic E-state index is -3.43. The molecule has 1 atom stereocenters. The number of sulfone groups is 1. The fraction of sp³-hybridized carbons (Fsp3) is 0.333. The maximum Gasteiger partial charge on any atom is 0.527 e. The number of aliphatic carboxylic acids is 1. The number of hydrogen-bond donors (Lipinski definition) is 2. The molecular formula is C30H33N5O9S. The zero-order chi connectivity index (χ0) is 32.6. The number of hydrogen-bond acceptors (Lipinski definition) is 11. The zero-order valence-electron chi connectivity index (χ0n) is 24.7. The van der Waals surface area contributed by atoms with Gasteiger partial charge in [0.2, 0.25) is 5.91 Å². The van der Waals surface area contributed by atoms with Crippen molar-refractivity contribution in [2.45, 2.75) is 30.7 Å². The van der Waals surface area contributed by atoms with E-state index in [-0.39, 0.29) is 62.0 Å². The molecule has 1 saturated heterocycles. The van der Waals surface area contributed by atoms with Gasteiger partial charge in [-0.3, -0.25) is 14.4 Å². The molecule has 1 aromatic heterocycles. The summed E-state index contributed by atoms with van der Waals surface area (Å²) in [6.07, 6.45) is -0.300. The zero-order valence-corrected chi connectivity index (χ0v) is 25.5. The van der Waals surface area contributed by atoms with Gasteiger partial charge in [-0.05, 0) is 31.5 Å². The molecule has 45 heavy (non-hydrogen) atoms. The van der Waals surface area contributed by atoms with E-state index in [4.69, 9.17) is 9.57 Å². The first kappa shape index (κ1) is 33.0. The molecule has 0 radical (unpaired) electrons. The summed E-state index contributed by atoms with van der Waals surface area (Å²) in [7, 11) is -3.43. The van der Waals surface area contributed by atoms with Crippen LogP contribution >= 0.6 is 0 Å². The number of amides is 2. The van der Waals surface area contributed by atoms with Crippen molar-refractivity contribution in [3.8, 4) is 22.6 Å². The maximum absolute atomic E-state index is 13.6. The van der Waals surface area contributed by atoms with Crippen LogP contribution in [0.2, 0.25) is 0 Å². The SMILES string of the molecule is CCOC(=O)ON1CCN(C(=O)[C@H](CCC(=O)O)NC(=O)c2cc(-c3ccc(S(C)(=O)=O)cc3)nc(-c3ccccc3)n2)CC1. The van der Waals surface area contributed by atoms with Crippen molar-refractivity contribution >= 4 is 33.8 Å². The lowest BCUT2D eigenvalue weighted by Crippen LogP contribution is -2.55. The van der Waals surface area contributed by atoms with Crippen molar-refractivity contribution in [3.05, 3.63) is 66.4 Å². The molecule has 14 nitrogen and oxygen atoms in total. The molecule has 0 saturated carbocycles. The van der Waals surface area contributed by atoms with Gasteiger partial charge in [-0.15, -0.1) is 5.06 Å². The second-order valence-corrected chi connectivity index (χ2v) is 12.1. The molecule has 2 amide bonds. The fourth-order valence-electron chi connectivity index (χ4n) is 4.53. The fourth-order valence-corrected chi connectivity index (χ4v) is 5.16. The van der Waals surface area contributed by atoms with Gasteiger partial charge in [-0.2, -0.15) is 0 Å². The molecule has 1 fully saturated rings. The summed E-state index contributed by atoms with van der Waals surface area (Å²) in [5.74, 6) is -2.13. The minimum Gasteiger partial charge on any atom is -0.481 e. The lowest BCUT2D eigenvalue weighted by atomic mass is 10.1. The first-order valence-corrected chi connectivity index (χ1v) is 16.0. The Hall–Kier alpha value is -4.89. The molecular weight excluding hydrogens is 606 g/mol. The van der Waals surface area contributed by atoms with Crippen molar-refractivity contribution in [2.24, 2.45) is 0 Å². The Morgan fingerprint density at radius 1 is 0.956 bits per heavy atom. The third kappa shape index (κ3) is 9.06. The highest BCUT2D eigenvalue weighted by Crippen LogP contribution is 2.24. The van der Waals surface area contributed by atoms with Crippen molar-refractivity contribution < 1.29 is 42.3 Å². The Kier molecular flexibility index (Phi) is 10.8. The van der Waals surface area contributed by atoms with E-state index in [0.29, 0.717) is 16.8 Å². The van der Waals surface area contributed by atoms with E-state index in [9.17, 15) is 32.7 Å². The number of benzene rings is 2. The van der Waals surface area contributed by atoms with Crippen molar-refractivity contribution in [1.82, 2.24) is 25.2 Å². The molecule has 0 unspecified atom stereocenters. The number of carboxylic acid groups (broad SMARTS) is 1. The largest absolute Gasteiger partial charge is 0.527 e. The molecule has 0 bridgehead atoms. The molecule has 1 aliphatic rings. The highest BCUT2D eigenvalue weighted by atomic mass is 32.2. The van der Waals surface area contributed by atoms with Gasteiger partial charge in [0, 0.05) is 36.9 Å². The smallest absolute Gasteiger partial charge is 0.481 e. The number of carbonyl (C=O) groups excluding carboxylic acids is 3. The monoisotopic (exact) mass is 639 g/mol. The Labute approximate surface area is 259 Å². The number of rotatable bonds is 11. The van der Waals surface area contributed by atoms with Gasteiger partial charge < -0.3 is 24.9 Å². The van der Waals surface area contributed by atoms with Gasteiger partial charge in [0.15, 0.2) is 15.7 Å². The Bertz CT molecular complexity index is 1640. The molecule has 2 heterocycles. The summed E-state index contributed by atoms with van der Waals surface area (Å²) < 4.78 is 28.6. The molecule has 2 N–H and O–H groups in total. The van der Waals surface area contributed by atoms with Crippen LogP contribution in [0.25, 0.3) is 22.6 Å². The number of nitrogens with zero attached hydrogens (tertiary/aromatic N) is 4. The number of aromatic nitrogens is 2. The second-order valence-electron chi connectivity index (χ2n) is 10.1. The Balaban J connectivity index is 1.58. The predicted molar refractivity (Wildman–Crippen MR) is 160 cm³/mol. The average Bonchev–Trinajstić information content (AvgIpc) is 3.03. The van der Waals surface area contributed by atoms with Crippen LogP contribution in [0.4, 0.5) is 4.79 Å². The second kappa shape index (κ2) is 14.7. The number of piperazine rings is 1. The van der Waals surface area contributed by atoms with E-state index in [1.807, 2.05) is 6.07 Å². The van der Waals surface area contributed by atoms with Gasteiger partial charge in [0.1, 0.15) is 11.7 Å². The summed E-state index contributed by atoms with van der Waals surface area (Å²) in [5, 5.41) is 13.3. The Morgan fingerprint density at radius 2 is 1.62 bits per heavy atom. The topological polar surface area (TPSA) is 185 Å². The van der Waals surface area contributed by atoms with Crippen LogP contribution in [0, 0.1) is 0 Å². The summed E-state index contributed by atoms with van der Waals surface area (Å²) in [4.78, 5) is 65.8. The van der Waals surface area contributed by atoms with Crippen molar-refractivity contribution in [3.63, 3.8) is 0 Å². The maximum atomic E-state index is 13.6. The molecule has 2 aromatic carbocycles. The molecule has 1 aliphatic heterocycles. The summed E-state index contributed by atoms with van der Waals surface area (Å²) >= 11 is 0. The van der Waals surface area contributed by atoms with Crippen LogP contribution in [-0.2, 0) is 29.0 Å². The third-order valence-electron chi connectivity index (χ3n) is 6.84. The van der Waals surface area contributed by atoms with E-state index in [1.54, 1.807) is 43.3 Å². The quantitative estimate of drug-likeness (QED) is 0.292. The van der Waals surface area contributed by atoms with E-state index >= 15 is 0 Å². The molecule has 4 rings (SSSR count). The van der Waals surface area contributed by atoms with E-state index in [1.165, 1.54) is 28.2 Å². The lowest BCUT2D eigenvalue weighted by Gasteiger charge is -2.35. The van der Waals surface area contributed by atoms with E-state index in [2.05, 4.69) is 15.3 Å². The first-order valence-electron chi connectivity index (χ1n) is 14.1. The van der Waals surface area contributed by atoms with Crippen LogP contribution in [0.15, 0.2) is 65.6 Å². The summed E-state index contributed by atoms with van der Waals surface area (Å²) in [6.45, 7) is 2.51. The molecule has 3 aromatic rings. The molecule has 0 spiro atoms. The minimum absolute atomic E-state index is 0.0770. The molecule has 15 heteroatoms. The lowest BCUT2D eigenvalue weighted by molar-refractivity contribution is -0.157. The molecule has 0 aliphatic carbocycles. The van der Waals surface area contributed by atoms with Crippen LogP contribution in [0.1, 0.15) is 30.3 Å². The van der Waals surface area contributed by atoms with Crippen LogP contribution in [0.3, 0.4) is 0 Å². The van der Waals surface area contributed by atoms with Gasteiger partial charge >= 0.3 is 12.1 Å². The van der Waals surface area contributed by atoms with Gasteiger partial charge in [-0.1, -0.05) is 42.5 Å². The van der Waals surface area contributed by atoms with Crippen LogP contribution in [-0.4, -0.2) is 102 Å². The average molecular weight is 640 g/mol. The van der Waals surface area contributed by atoms with Gasteiger partial charge in [0.25, 0.3) is 5.91 Å². The Morgan fingerprint density at radius 3 is 2.22 bits per heavy atom. The van der Waals surface area contributed by atoms with Crippen molar-refractivity contribution in [1.29, 1.82) is 0 Å².